The highest BCUT2D eigenvalue weighted by Crippen LogP contribution is 2.36. The maximum Gasteiger partial charge on any atom is 0.137 e. The highest BCUT2D eigenvalue weighted by molar-refractivity contribution is 6.14. The monoisotopic (exact) mass is 486 g/mol. The number of fused-ring (bicyclic) bond motifs is 5. The molecule has 0 unspecified atom stereocenters. The van der Waals surface area contributed by atoms with Gasteiger partial charge in [0.2, 0.25) is 0 Å². The zero-order chi connectivity index (χ0) is 25.1. The van der Waals surface area contributed by atoms with Crippen molar-refractivity contribution in [1.29, 1.82) is 0 Å². The number of para-hydroxylation sites is 2. The molecule has 0 aliphatic rings. The number of hydrogen-bond donors (Lipinski definition) is 0. The van der Waals surface area contributed by atoms with Gasteiger partial charge in [0.1, 0.15) is 5.82 Å². The molecule has 38 heavy (non-hydrogen) atoms. The van der Waals surface area contributed by atoms with Crippen LogP contribution in [0.1, 0.15) is 0 Å². The molecule has 4 aromatic heterocycles. The molecule has 0 radical (unpaired) electrons. The molecule has 0 amide bonds. The van der Waals surface area contributed by atoms with E-state index in [9.17, 15) is 0 Å². The summed E-state index contributed by atoms with van der Waals surface area (Å²) in [7, 11) is 0. The fourth-order valence-electron chi connectivity index (χ4n) is 5.63. The van der Waals surface area contributed by atoms with Gasteiger partial charge in [0.25, 0.3) is 0 Å². The van der Waals surface area contributed by atoms with Crippen LogP contribution in [0.3, 0.4) is 0 Å². The van der Waals surface area contributed by atoms with Gasteiger partial charge in [-0.05, 0) is 77.5 Å². The summed E-state index contributed by atoms with van der Waals surface area (Å²) in [5.74, 6) is 0.902. The molecule has 0 aliphatic heterocycles. The van der Waals surface area contributed by atoms with Gasteiger partial charge in [-0.25, -0.2) is 4.98 Å². The Bertz CT molecular complexity index is 2100. The molecule has 4 aromatic carbocycles. The first kappa shape index (κ1) is 20.9. The minimum atomic E-state index is 0.902. The number of rotatable bonds is 3. The summed E-state index contributed by atoms with van der Waals surface area (Å²) in [4.78, 5) is 9.15. The van der Waals surface area contributed by atoms with E-state index in [-0.39, 0.29) is 0 Å². The Hall–Kier alpha value is -5.22. The molecule has 8 aromatic rings. The third kappa shape index (κ3) is 3.17. The normalized spacial score (nSPS) is 11.7. The van der Waals surface area contributed by atoms with E-state index in [4.69, 9.17) is 4.98 Å². The lowest BCUT2D eigenvalue weighted by molar-refractivity contribution is 1.08. The molecule has 0 aliphatic carbocycles. The zero-order valence-corrected chi connectivity index (χ0v) is 20.5. The summed E-state index contributed by atoms with van der Waals surface area (Å²) in [5.41, 5.74) is 6.80. The average molecular weight is 487 g/mol. The Balaban J connectivity index is 1.35. The number of aromatic nitrogens is 4. The Morgan fingerprint density at radius 1 is 0.526 bits per heavy atom. The Morgan fingerprint density at radius 2 is 1.34 bits per heavy atom. The lowest BCUT2D eigenvalue weighted by Gasteiger charge is -2.09. The largest absolute Gasteiger partial charge is 0.317 e. The molecular weight excluding hydrogens is 464 g/mol. The Morgan fingerprint density at radius 3 is 2.18 bits per heavy atom. The summed E-state index contributed by atoms with van der Waals surface area (Å²) in [6.45, 7) is 0. The quantitative estimate of drug-likeness (QED) is 0.252. The van der Waals surface area contributed by atoms with Gasteiger partial charge in [0.05, 0.1) is 16.6 Å². The third-order valence-electron chi connectivity index (χ3n) is 7.45. The van der Waals surface area contributed by atoms with Gasteiger partial charge >= 0.3 is 0 Å². The predicted molar refractivity (Wildman–Crippen MR) is 156 cm³/mol. The van der Waals surface area contributed by atoms with E-state index in [1.807, 2.05) is 18.5 Å². The fraction of sp³-hybridized carbons (Fsp3) is 0. The maximum absolute atomic E-state index is 4.90. The van der Waals surface area contributed by atoms with E-state index in [0.29, 0.717) is 0 Å². The van der Waals surface area contributed by atoms with Gasteiger partial charge in [0.15, 0.2) is 0 Å². The maximum atomic E-state index is 4.90. The van der Waals surface area contributed by atoms with Crippen LogP contribution in [0.15, 0.2) is 134 Å². The van der Waals surface area contributed by atoms with Crippen molar-refractivity contribution < 1.29 is 0 Å². The van der Waals surface area contributed by atoms with Gasteiger partial charge < -0.3 is 4.57 Å². The van der Waals surface area contributed by atoms with Gasteiger partial charge in [-0.3, -0.25) is 9.55 Å². The summed E-state index contributed by atoms with van der Waals surface area (Å²) >= 11 is 0. The van der Waals surface area contributed by atoms with Crippen LogP contribution >= 0.6 is 0 Å². The van der Waals surface area contributed by atoms with E-state index < -0.39 is 0 Å². The van der Waals surface area contributed by atoms with Crippen LogP contribution in [0.2, 0.25) is 0 Å². The molecule has 8 rings (SSSR count). The van der Waals surface area contributed by atoms with E-state index in [1.54, 1.807) is 6.20 Å². The number of nitrogens with zero attached hydrogens (tertiary/aromatic N) is 4. The van der Waals surface area contributed by atoms with Crippen LogP contribution < -0.4 is 0 Å². The molecular formula is C34H22N4. The summed E-state index contributed by atoms with van der Waals surface area (Å²) in [6.07, 6.45) is 7.75. The van der Waals surface area contributed by atoms with Crippen molar-refractivity contribution in [1.82, 2.24) is 19.1 Å². The van der Waals surface area contributed by atoms with Crippen LogP contribution in [-0.4, -0.2) is 19.1 Å². The van der Waals surface area contributed by atoms with Crippen molar-refractivity contribution in [2.75, 3.05) is 0 Å². The Labute approximate surface area is 219 Å². The van der Waals surface area contributed by atoms with Crippen molar-refractivity contribution in [3.63, 3.8) is 0 Å². The average Bonchev–Trinajstić information content (AvgIpc) is 3.54. The summed E-state index contributed by atoms with van der Waals surface area (Å²) in [5, 5.41) is 6.11. The van der Waals surface area contributed by atoms with E-state index in [2.05, 4.69) is 123 Å². The molecule has 0 bridgehead atoms. The summed E-state index contributed by atoms with van der Waals surface area (Å²) in [6, 6.07) is 38.8. The molecule has 4 nitrogen and oxygen atoms in total. The van der Waals surface area contributed by atoms with Crippen LogP contribution in [0.4, 0.5) is 0 Å². The standard InChI is InChI=1S/C34H22N4/c1-2-8-28(9-3-1)37-16-14-23-17-26-20-33-30(18-27(26)19-32(23)37)29-10-4-5-11-31(29)38(33)34-13-12-25(22-36-34)24-7-6-15-35-21-24/h1-22H. The van der Waals surface area contributed by atoms with Gasteiger partial charge in [-0.1, -0.05) is 42.5 Å². The van der Waals surface area contributed by atoms with Gasteiger partial charge in [0, 0.05) is 57.8 Å². The second kappa shape index (κ2) is 8.15. The molecule has 178 valence electrons. The van der Waals surface area contributed by atoms with Crippen molar-refractivity contribution in [3.05, 3.63) is 134 Å². The highest BCUT2D eigenvalue weighted by atomic mass is 15.1. The molecule has 0 fully saturated rings. The fourth-order valence-corrected chi connectivity index (χ4v) is 5.63. The minimum absolute atomic E-state index is 0.902. The van der Waals surface area contributed by atoms with Crippen molar-refractivity contribution in [2.45, 2.75) is 0 Å². The molecule has 4 heteroatoms. The molecule has 4 heterocycles. The number of hydrogen-bond acceptors (Lipinski definition) is 2. The predicted octanol–water partition coefficient (Wildman–Crippen LogP) is 8.34. The first-order chi connectivity index (χ1) is 18.8. The minimum Gasteiger partial charge on any atom is -0.317 e. The zero-order valence-electron chi connectivity index (χ0n) is 20.5. The Kier molecular flexibility index (Phi) is 4.49. The first-order valence-corrected chi connectivity index (χ1v) is 12.7. The molecule has 0 atom stereocenters. The topological polar surface area (TPSA) is 35.6 Å². The van der Waals surface area contributed by atoms with Crippen molar-refractivity contribution in [3.8, 4) is 22.6 Å². The van der Waals surface area contributed by atoms with E-state index >= 15 is 0 Å². The van der Waals surface area contributed by atoms with Crippen LogP contribution in [-0.2, 0) is 0 Å². The van der Waals surface area contributed by atoms with Gasteiger partial charge in [-0.15, -0.1) is 0 Å². The number of benzene rings is 4. The van der Waals surface area contributed by atoms with E-state index in [0.717, 1.165) is 28.0 Å². The summed E-state index contributed by atoms with van der Waals surface area (Å²) < 4.78 is 4.53. The van der Waals surface area contributed by atoms with Crippen molar-refractivity contribution >= 4 is 43.5 Å². The van der Waals surface area contributed by atoms with Crippen LogP contribution in [0, 0.1) is 0 Å². The van der Waals surface area contributed by atoms with Crippen LogP contribution in [0.5, 0.6) is 0 Å². The van der Waals surface area contributed by atoms with Crippen molar-refractivity contribution in [2.24, 2.45) is 0 Å². The second-order valence-electron chi connectivity index (χ2n) is 9.65. The molecule has 0 saturated carbocycles. The first-order valence-electron chi connectivity index (χ1n) is 12.7. The lowest BCUT2D eigenvalue weighted by Crippen LogP contribution is -1.97. The van der Waals surface area contributed by atoms with E-state index in [1.165, 1.54) is 38.1 Å². The molecule has 0 N–H and O–H groups in total. The molecule has 0 saturated heterocycles. The highest BCUT2D eigenvalue weighted by Gasteiger charge is 2.15. The lowest BCUT2D eigenvalue weighted by atomic mass is 10.0. The SMILES string of the molecule is c1ccc(-n2ccc3cc4cc5c(cc4cc32)c2ccccc2n5-c2ccc(-c3cccnc3)cn2)cc1. The number of pyridine rings is 2. The molecule has 0 spiro atoms. The second-order valence-corrected chi connectivity index (χ2v) is 9.65. The third-order valence-corrected chi connectivity index (χ3v) is 7.45. The van der Waals surface area contributed by atoms with Gasteiger partial charge in [-0.2, -0.15) is 0 Å². The smallest absolute Gasteiger partial charge is 0.137 e. The van der Waals surface area contributed by atoms with Crippen LogP contribution in [0.25, 0.3) is 66.1 Å².